The third-order valence-corrected chi connectivity index (χ3v) is 4.75. The number of halogens is 1. The monoisotopic (exact) mass is 361 g/mol. The number of benzene rings is 1. The summed E-state index contributed by atoms with van der Waals surface area (Å²) < 4.78 is 7.47. The Morgan fingerprint density at radius 2 is 2.04 bits per heavy atom. The van der Waals surface area contributed by atoms with Crippen molar-refractivity contribution < 1.29 is 9.53 Å². The summed E-state index contributed by atoms with van der Waals surface area (Å²) in [7, 11) is 0. The topological polar surface area (TPSA) is 56.1 Å². The minimum absolute atomic E-state index is 0.177. The van der Waals surface area contributed by atoms with Gasteiger partial charge in [-0.15, -0.1) is 0 Å². The van der Waals surface area contributed by atoms with E-state index in [-0.39, 0.29) is 5.91 Å². The number of nitrogens with zero attached hydrogens (tertiary/aromatic N) is 2. The van der Waals surface area contributed by atoms with Crippen molar-refractivity contribution in [2.75, 3.05) is 13.2 Å². The van der Waals surface area contributed by atoms with E-state index in [0.29, 0.717) is 30.0 Å². The second-order valence-corrected chi connectivity index (χ2v) is 6.74. The first-order valence-electron chi connectivity index (χ1n) is 8.94. The predicted octanol–water partition coefficient (Wildman–Crippen LogP) is 3.99. The molecule has 1 N–H and O–H groups in total. The van der Waals surface area contributed by atoms with Gasteiger partial charge in [0.25, 0.3) is 5.91 Å². The van der Waals surface area contributed by atoms with Gasteiger partial charge in [-0.25, -0.2) is 4.68 Å². The van der Waals surface area contributed by atoms with Crippen LogP contribution in [0, 0.1) is 0 Å². The van der Waals surface area contributed by atoms with Crippen molar-refractivity contribution in [3.05, 3.63) is 47.2 Å². The zero-order valence-electron chi connectivity index (χ0n) is 14.3. The molecule has 0 spiro atoms. The number of ether oxygens (including phenoxy) is 1. The molecule has 0 radical (unpaired) electrons. The van der Waals surface area contributed by atoms with Crippen LogP contribution in [-0.2, 0) is 4.74 Å². The number of carbonyl (C=O) groups is 1. The fourth-order valence-corrected chi connectivity index (χ4v) is 3.29. The summed E-state index contributed by atoms with van der Waals surface area (Å²) in [5.41, 5.74) is 1.14. The van der Waals surface area contributed by atoms with Gasteiger partial charge in [-0.2, -0.15) is 5.10 Å². The van der Waals surface area contributed by atoms with Gasteiger partial charge in [-0.1, -0.05) is 43.0 Å². The Hall–Kier alpha value is -1.85. The van der Waals surface area contributed by atoms with E-state index in [1.807, 2.05) is 18.2 Å². The maximum Gasteiger partial charge on any atom is 0.271 e. The molecule has 0 bridgehead atoms. The first-order chi connectivity index (χ1) is 12.2. The lowest BCUT2D eigenvalue weighted by molar-refractivity contribution is 0.0273. The summed E-state index contributed by atoms with van der Waals surface area (Å²) in [5.74, 6) is -0.177. The Kier molecular flexibility index (Phi) is 6.48. The van der Waals surface area contributed by atoms with Crippen LogP contribution in [0.5, 0.6) is 0 Å². The van der Waals surface area contributed by atoms with Gasteiger partial charge in [0, 0.05) is 19.3 Å². The molecule has 0 aliphatic heterocycles. The lowest BCUT2D eigenvalue weighted by Gasteiger charge is -2.21. The quantitative estimate of drug-likeness (QED) is 0.758. The predicted molar refractivity (Wildman–Crippen MR) is 98.3 cm³/mol. The lowest BCUT2D eigenvalue weighted by atomic mass is 9.98. The van der Waals surface area contributed by atoms with Crippen molar-refractivity contribution in [2.24, 2.45) is 0 Å². The molecule has 25 heavy (non-hydrogen) atoms. The minimum atomic E-state index is -0.177. The Balaban J connectivity index is 1.42. The van der Waals surface area contributed by atoms with Crippen molar-refractivity contribution in [3.63, 3.8) is 0 Å². The number of amides is 1. The zero-order chi connectivity index (χ0) is 17.5. The van der Waals surface area contributed by atoms with Gasteiger partial charge in [0.15, 0.2) is 5.69 Å². The van der Waals surface area contributed by atoms with Crippen LogP contribution in [0.4, 0.5) is 0 Å². The van der Waals surface area contributed by atoms with Crippen LogP contribution in [-0.4, -0.2) is 34.9 Å². The van der Waals surface area contributed by atoms with Gasteiger partial charge in [-0.05, 0) is 37.5 Å². The minimum Gasteiger partial charge on any atom is -0.378 e. The van der Waals surface area contributed by atoms with Crippen molar-refractivity contribution in [1.29, 1.82) is 0 Å². The second-order valence-electron chi connectivity index (χ2n) is 6.34. The van der Waals surface area contributed by atoms with Gasteiger partial charge >= 0.3 is 0 Å². The fourth-order valence-electron chi connectivity index (χ4n) is 3.06. The summed E-state index contributed by atoms with van der Waals surface area (Å²) in [6.45, 7) is 1.28. The molecule has 3 rings (SSSR count). The number of hydrogen-bond donors (Lipinski definition) is 1. The highest BCUT2D eigenvalue weighted by Gasteiger charge is 2.14. The average Bonchev–Trinajstić information content (AvgIpc) is 3.12. The van der Waals surface area contributed by atoms with E-state index in [1.165, 1.54) is 32.1 Å². The largest absolute Gasteiger partial charge is 0.378 e. The molecular weight excluding hydrogens is 338 g/mol. The van der Waals surface area contributed by atoms with E-state index in [2.05, 4.69) is 10.4 Å². The molecule has 1 saturated carbocycles. The molecule has 1 aromatic heterocycles. The standard InChI is InChI=1S/C19H24ClN3O2/c20-16-9-4-5-10-18(16)23-13-11-17(22-23)19(24)21-12-6-14-25-15-7-2-1-3-8-15/h4-5,9-11,13,15H,1-3,6-8,12,14H2,(H,21,24). The van der Waals surface area contributed by atoms with E-state index in [0.717, 1.165) is 12.1 Å². The third-order valence-electron chi connectivity index (χ3n) is 4.43. The summed E-state index contributed by atoms with van der Waals surface area (Å²) in [6.07, 6.45) is 9.19. The lowest BCUT2D eigenvalue weighted by Crippen LogP contribution is -2.26. The molecule has 0 unspecified atom stereocenters. The molecule has 134 valence electrons. The normalized spacial score (nSPS) is 15.2. The van der Waals surface area contributed by atoms with E-state index in [4.69, 9.17) is 16.3 Å². The summed E-state index contributed by atoms with van der Waals surface area (Å²) in [6, 6.07) is 9.09. The number of para-hydroxylation sites is 1. The van der Waals surface area contributed by atoms with Gasteiger partial charge in [0.05, 0.1) is 16.8 Å². The Morgan fingerprint density at radius 1 is 1.24 bits per heavy atom. The molecule has 1 fully saturated rings. The molecule has 1 amide bonds. The number of rotatable bonds is 7. The van der Waals surface area contributed by atoms with Gasteiger partial charge in [0.1, 0.15) is 0 Å². The summed E-state index contributed by atoms with van der Waals surface area (Å²) >= 11 is 6.15. The molecule has 1 aliphatic carbocycles. The van der Waals surface area contributed by atoms with Gasteiger partial charge < -0.3 is 10.1 Å². The highest BCUT2D eigenvalue weighted by Crippen LogP contribution is 2.20. The molecule has 2 aromatic rings. The molecule has 1 aliphatic rings. The van der Waals surface area contributed by atoms with Crippen LogP contribution >= 0.6 is 11.6 Å². The Morgan fingerprint density at radius 3 is 2.84 bits per heavy atom. The molecule has 1 heterocycles. The first-order valence-corrected chi connectivity index (χ1v) is 9.32. The zero-order valence-corrected chi connectivity index (χ0v) is 15.0. The van der Waals surface area contributed by atoms with E-state index >= 15 is 0 Å². The number of aromatic nitrogens is 2. The van der Waals surface area contributed by atoms with Crippen LogP contribution in [0.3, 0.4) is 0 Å². The molecular formula is C19H24ClN3O2. The third kappa shape index (κ3) is 5.06. The summed E-state index contributed by atoms with van der Waals surface area (Å²) in [5, 5.41) is 7.79. The molecule has 5 nitrogen and oxygen atoms in total. The highest BCUT2D eigenvalue weighted by atomic mass is 35.5. The average molecular weight is 362 g/mol. The van der Waals surface area contributed by atoms with Crippen molar-refractivity contribution in [2.45, 2.75) is 44.6 Å². The Bertz CT molecular complexity index is 695. The van der Waals surface area contributed by atoms with Crippen LogP contribution in [0.25, 0.3) is 5.69 Å². The first kappa shape index (κ1) is 18.0. The molecule has 0 saturated heterocycles. The molecule has 6 heteroatoms. The summed E-state index contributed by atoms with van der Waals surface area (Å²) in [4.78, 5) is 12.2. The van der Waals surface area contributed by atoms with Crippen molar-refractivity contribution in [3.8, 4) is 5.69 Å². The maximum atomic E-state index is 12.2. The van der Waals surface area contributed by atoms with Crippen LogP contribution in [0.1, 0.15) is 49.0 Å². The van der Waals surface area contributed by atoms with Crippen molar-refractivity contribution >= 4 is 17.5 Å². The SMILES string of the molecule is O=C(NCCCOC1CCCCC1)c1ccn(-c2ccccc2Cl)n1. The van der Waals surface area contributed by atoms with Crippen LogP contribution in [0.2, 0.25) is 5.02 Å². The van der Waals surface area contributed by atoms with Gasteiger partial charge in [-0.3, -0.25) is 4.79 Å². The molecule has 0 atom stereocenters. The van der Waals surface area contributed by atoms with Crippen LogP contribution < -0.4 is 5.32 Å². The van der Waals surface area contributed by atoms with E-state index in [1.54, 1.807) is 23.0 Å². The second kappa shape index (κ2) is 9.02. The number of carbonyl (C=O) groups excluding carboxylic acids is 1. The maximum absolute atomic E-state index is 12.2. The van der Waals surface area contributed by atoms with Crippen molar-refractivity contribution in [1.82, 2.24) is 15.1 Å². The Labute approximate surface area is 153 Å². The number of nitrogens with one attached hydrogen (secondary N) is 1. The fraction of sp³-hybridized carbons (Fsp3) is 0.474. The molecule has 1 aromatic carbocycles. The van der Waals surface area contributed by atoms with Crippen LogP contribution in [0.15, 0.2) is 36.5 Å². The van der Waals surface area contributed by atoms with E-state index in [9.17, 15) is 4.79 Å². The van der Waals surface area contributed by atoms with Gasteiger partial charge in [0.2, 0.25) is 0 Å². The highest BCUT2D eigenvalue weighted by molar-refractivity contribution is 6.32. The smallest absolute Gasteiger partial charge is 0.271 e. The van der Waals surface area contributed by atoms with E-state index < -0.39 is 0 Å². The number of hydrogen-bond acceptors (Lipinski definition) is 3.